The summed E-state index contributed by atoms with van der Waals surface area (Å²) in [5.74, 6) is -1.42. The summed E-state index contributed by atoms with van der Waals surface area (Å²) in [6.07, 6.45) is 53.6. The molecule has 0 fully saturated rings. The first-order valence-electron chi connectivity index (χ1n) is 44.6. The van der Waals surface area contributed by atoms with Crippen LogP contribution < -0.4 is 21.3 Å². The summed E-state index contributed by atoms with van der Waals surface area (Å²) in [7, 11) is -9.56. The second-order valence-corrected chi connectivity index (χ2v) is 33.6. The van der Waals surface area contributed by atoms with Gasteiger partial charge in [0.25, 0.3) is 0 Å². The quantitative estimate of drug-likeness (QED) is 0.0159. The normalized spacial score (nSPS) is 14.4. The highest BCUT2D eigenvalue weighted by Crippen LogP contribution is 2.44. The van der Waals surface area contributed by atoms with Crippen LogP contribution in [0.2, 0.25) is 0 Å². The molecule has 8 N–H and O–H groups in total. The molecule has 4 amide bonds. The minimum absolute atomic E-state index is 0.125. The summed E-state index contributed by atoms with van der Waals surface area (Å²) >= 11 is 0. The Hall–Kier alpha value is -2.79. The summed E-state index contributed by atoms with van der Waals surface area (Å²) in [6, 6.07) is -2.63. The lowest BCUT2D eigenvalue weighted by Crippen LogP contribution is -2.42. The molecule has 0 saturated carbocycles. The molecule has 0 aliphatic carbocycles. The number of unbranched alkanes of at least 4 members (excludes halogenated alkanes) is 41. The van der Waals surface area contributed by atoms with E-state index in [1.165, 1.54) is 148 Å². The van der Waals surface area contributed by atoms with E-state index in [4.69, 9.17) is 37.0 Å². The number of nitrogens with one attached hydrogen (secondary N) is 4. The first-order chi connectivity index (χ1) is 52.8. The van der Waals surface area contributed by atoms with E-state index in [-0.39, 0.29) is 76.5 Å². The smallest absolute Gasteiger partial charge is 0.462 e. The van der Waals surface area contributed by atoms with E-state index in [2.05, 4.69) is 62.8 Å². The Bertz CT molecular complexity index is 2190. The lowest BCUT2D eigenvalue weighted by atomic mass is 10.0. The van der Waals surface area contributed by atoms with Crippen molar-refractivity contribution in [2.45, 2.75) is 444 Å². The van der Waals surface area contributed by atoms with Crippen LogP contribution in [-0.2, 0) is 65.4 Å². The number of aliphatic hydroxyl groups is 2. The number of phosphoric acid groups is 2. The number of hydrogen-bond donors (Lipinski definition) is 8. The fourth-order valence-corrected chi connectivity index (χ4v) is 14.7. The number of aliphatic hydroxyl groups excluding tert-OH is 2. The molecule has 0 bridgehead atoms. The zero-order chi connectivity index (χ0) is 80.2. The maximum Gasteiger partial charge on any atom is 0.472 e. The van der Waals surface area contributed by atoms with E-state index >= 15 is 0 Å². The Balaban J connectivity index is 5.69. The molecule has 0 aromatic carbocycles. The second-order valence-electron chi connectivity index (χ2n) is 30.7. The number of esters is 2. The Labute approximate surface area is 663 Å². The Morgan fingerprint density at radius 2 is 0.569 bits per heavy atom. The van der Waals surface area contributed by atoms with Crippen LogP contribution in [0.25, 0.3) is 0 Å². The third-order valence-electron chi connectivity index (χ3n) is 19.9. The number of carbonyl (C=O) groups excluding carboxylic acids is 5. The standard InChI is InChI=1S/C84H166N4O19P2/c1-7-13-19-25-29-33-37-39-45-49-55-77(90)69-81(92)88-75(71-101-65-61-79(57-51-43-24-18-12-6)107-83(94)59-53-47-41-36-32-28-22-16-10-4)73-105-109(98,99)103-67-63-86-84(95)85-62-66-102-108(96,97)104-72-74(87-80(91)68-76(89)54-48-44-38-34-30-26-20-14-8-2)70-100-64-60-78(56-50-42-23-17-11-5)106-82(93)58-52-46-40-35-31-27-21-15-9-3/h74-79,89-90H,7-73H2,1-6H3,(H,87,91)(H,88,92)(H,96,97)(H,98,99)(H2,85,86,95). The highest BCUT2D eigenvalue weighted by Gasteiger charge is 2.28. The number of hydrogen-bond acceptors (Lipinski definition) is 17. The summed E-state index contributed by atoms with van der Waals surface area (Å²) in [5, 5.41) is 32.2. The van der Waals surface area contributed by atoms with E-state index < -0.39 is 84.2 Å². The third kappa shape index (κ3) is 75.0. The zero-order valence-corrected chi connectivity index (χ0v) is 71.9. The van der Waals surface area contributed by atoms with Crippen molar-refractivity contribution < 1.29 is 90.1 Å². The van der Waals surface area contributed by atoms with Gasteiger partial charge < -0.3 is 60.2 Å². The van der Waals surface area contributed by atoms with Crippen molar-refractivity contribution in [3.05, 3.63) is 0 Å². The molecule has 0 spiro atoms. The lowest BCUT2D eigenvalue weighted by molar-refractivity contribution is -0.151. The van der Waals surface area contributed by atoms with Crippen LogP contribution >= 0.6 is 15.6 Å². The fraction of sp³-hybridized carbons (Fsp3) is 0.940. The van der Waals surface area contributed by atoms with Crippen LogP contribution in [0, 0.1) is 0 Å². The summed E-state index contributed by atoms with van der Waals surface area (Å²) in [4.78, 5) is 87.0. The highest BCUT2D eigenvalue weighted by molar-refractivity contribution is 7.47. The van der Waals surface area contributed by atoms with Crippen molar-refractivity contribution in [3.8, 4) is 0 Å². The number of phosphoric ester groups is 2. The molecule has 23 nitrogen and oxygen atoms in total. The van der Waals surface area contributed by atoms with E-state index in [1.54, 1.807) is 0 Å². The molecule has 0 aromatic rings. The molecule has 25 heteroatoms. The van der Waals surface area contributed by atoms with Crippen molar-refractivity contribution >= 4 is 45.4 Å². The summed E-state index contributed by atoms with van der Waals surface area (Å²) in [6.45, 7) is 10.8. The van der Waals surface area contributed by atoms with Crippen molar-refractivity contribution in [2.24, 2.45) is 0 Å². The second kappa shape index (κ2) is 77.8. The largest absolute Gasteiger partial charge is 0.472 e. The summed E-state index contributed by atoms with van der Waals surface area (Å²) < 4.78 is 71.5. The van der Waals surface area contributed by atoms with Gasteiger partial charge in [0, 0.05) is 38.8 Å². The fourth-order valence-electron chi connectivity index (χ4n) is 13.2. The van der Waals surface area contributed by atoms with Crippen LogP contribution in [0.3, 0.4) is 0 Å². The maximum absolute atomic E-state index is 13.4. The van der Waals surface area contributed by atoms with Gasteiger partial charge in [-0.15, -0.1) is 0 Å². The van der Waals surface area contributed by atoms with Crippen molar-refractivity contribution in [1.82, 2.24) is 21.3 Å². The molecule has 0 aromatic heterocycles. The first kappa shape index (κ1) is 106. The molecule has 8 unspecified atom stereocenters. The third-order valence-corrected chi connectivity index (χ3v) is 21.9. The number of amides is 4. The maximum atomic E-state index is 13.4. The van der Waals surface area contributed by atoms with Gasteiger partial charge in [0.2, 0.25) is 11.8 Å². The van der Waals surface area contributed by atoms with Crippen LogP contribution in [-0.4, -0.2) is 152 Å². The number of ether oxygens (including phenoxy) is 4. The van der Waals surface area contributed by atoms with Gasteiger partial charge in [0.1, 0.15) is 12.2 Å². The summed E-state index contributed by atoms with van der Waals surface area (Å²) in [5.41, 5.74) is 0. The van der Waals surface area contributed by atoms with E-state index in [0.29, 0.717) is 51.4 Å². The Morgan fingerprint density at radius 1 is 0.312 bits per heavy atom. The molecule has 0 rings (SSSR count). The van der Waals surface area contributed by atoms with Gasteiger partial charge in [-0.05, 0) is 51.4 Å². The molecule has 0 aliphatic heterocycles. The number of carbonyl (C=O) groups is 5. The predicted molar refractivity (Wildman–Crippen MR) is 439 cm³/mol. The monoisotopic (exact) mass is 1600 g/mol. The van der Waals surface area contributed by atoms with Gasteiger partial charge in [-0.1, -0.05) is 318 Å². The lowest BCUT2D eigenvalue weighted by Gasteiger charge is -2.22. The molecule has 646 valence electrons. The minimum Gasteiger partial charge on any atom is -0.462 e. The molecule has 109 heavy (non-hydrogen) atoms. The van der Waals surface area contributed by atoms with Crippen LogP contribution in [0.1, 0.15) is 408 Å². The van der Waals surface area contributed by atoms with Crippen LogP contribution in [0.4, 0.5) is 4.79 Å². The highest BCUT2D eigenvalue weighted by atomic mass is 31.2. The topological polar surface area (TPSA) is 322 Å². The first-order valence-corrected chi connectivity index (χ1v) is 47.6. The van der Waals surface area contributed by atoms with E-state index in [0.717, 1.165) is 154 Å². The van der Waals surface area contributed by atoms with Crippen LogP contribution in [0.5, 0.6) is 0 Å². The molecule has 0 aliphatic rings. The van der Waals surface area contributed by atoms with Gasteiger partial charge in [0.15, 0.2) is 0 Å². The predicted octanol–water partition coefficient (Wildman–Crippen LogP) is 20.5. The average Bonchev–Trinajstić information content (AvgIpc) is 0.913. The van der Waals surface area contributed by atoms with Crippen molar-refractivity contribution in [3.63, 3.8) is 0 Å². The Morgan fingerprint density at radius 3 is 0.853 bits per heavy atom. The van der Waals surface area contributed by atoms with Gasteiger partial charge in [-0.3, -0.25) is 37.3 Å². The zero-order valence-electron chi connectivity index (χ0n) is 70.1. The molecule has 0 heterocycles. The van der Waals surface area contributed by atoms with Crippen molar-refractivity contribution in [1.29, 1.82) is 0 Å². The van der Waals surface area contributed by atoms with Gasteiger partial charge in [0.05, 0.1) is 90.0 Å². The molecular weight excluding hydrogens is 1430 g/mol. The van der Waals surface area contributed by atoms with Crippen LogP contribution in [0.15, 0.2) is 0 Å². The van der Waals surface area contributed by atoms with Gasteiger partial charge >= 0.3 is 33.6 Å². The number of rotatable bonds is 85. The molecule has 0 saturated heterocycles. The number of urea groups is 1. The van der Waals surface area contributed by atoms with E-state index in [1.807, 2.05) is 0 Å². The Kier molecular flexibility index (Phi) is 75.8. The minimum atomic E-state index is -4.78. The van der Waals surface area contributed by atoms with Gasteiger partial charge in [-0.2, -0.15) is 0 Å². The van der Waals surface area contributed by atoms with Gasteiger partial charge in [-0.25, -0.2) is 13.9 Å². The SMILES string of the molecule is CCCCCCCCCCCCC(O)CC(=O)NC(COCCC(CCCCCCC)OC(=O)CCCCCCCCCCC)COP(=O)(O)OCCNC(=O)NCCOP(=O)(O)OCC(COCCC(CCCCCCC)OC(=O)CCCCCCCCCCC)NC(=O)CC(O)CCCCCCCCCCC. The van der Waals surface area contributed by atoms with E-state index in [9.17, 15) is 53.1 Å². The average molecular weight is 1600 g/mol. The molecule has 8 atom stereocenters. The molecular formula is C84H166N4O19P2. The van der Waals surface area contributed by atoms with Crippen molar-refractivity contribution in [2.75, 3.05) is 65.9 Å². The molecule has 0 radical (unpaired) electrons.